The van der Waals surface area contributed by atoms with E-state index in [1.807, 2.05) is 31.2 Å². The van der Waals surface area contributed by atoms with Gasteiger partial charge in [-0.15, -0.1) is 0 Å². The minimum Gasteiger partial charge on any atom is -0.484 e. The molecule has 144 valence electrons. The molecular weight excluding hydrogens is 422 g/mol. The summed E-state index contributed by atoms with van der Waals surface area (Å²) in [6.45, 7) is 1.77. The fourth-order valence-electron chi connectivity index (χ4n) is 3.63. The highest BCUT2D eigenvalue weighted by atomic mass is 79.9. The van der Waals surface area contributed by atoms with Gasteiger partial charge < -0.3 is 14.5 Å². The molecule has 1 N–H and O–H groups in total. The first-order chi connectivity index (χ1) is 13.4. The molecule has 1 aliphatic carbocycles. The molecule has 0 aliphatic heterocycles. The van der Waals surface area contributed by atoms with Crippen molar-refractivity contribution in [1.29, 1.82) is 0 Å². The van der Waals surface area contributed by atoms with E-state index in [9.17, 15) is 9.59 Å². The summed E-state index contributed by atoms with van der Waals surface area (Å²) in [7, 11) is 0. The summed E-state index contributed by atoms with van der Waals surface area (Å²) >= 11 is 3.45. The maximum atomic E-state index is 12.5. The van der Waals surface area contributed by atoms with Gasteiger partial charge in [-0.1, -0.05) is 28.1 Å². The van der Waals surface area contributed by atoms with Crippen LogP contribution in [0.4, 0.5) is 0 Å². The maximum Gasteiger partial charge on any atom is 0.336 e. The molecule has 4 rings (SSSR count). The van der Waals surface area contributed by atoms with Crippen molar-refractivity contribution < 1.29 is 13.9 Å². The molecule has 2 aromatic carbocycles. The van der Waals surface area contributed by atoms with Crippen LogP contribution in [0.3, 0.4) is 0 Å². The summed E-state index contributed by atoms with van der Waals surface area (Å²) in [5.74, 6) is 0.407. The second kappa shape index (κ2) is 7.43. The third-order valence-electron chi connectivity index (χ3n) is 5.27. The van der Waals surface area contributed by atoms with E-state index in [0.717, 1.165) is 40.2 Å². The zero-order valence-electron chi connectivity index (χ0n) is 15.5. The number of benzene rings is 2. The maximum absolute atomic E-state index is 12.5. The van der Waals surface area contributed by atoms with Gasteiger partial charge in [0.2, 0.25) is 0 Å². The van der Waals surface area contributed by atoms with E-state index in [0.29, 0.717) is 11.3 Å². The zero-order chi connectivity index (χ0) is 19.7. The molecule has 1 aromatic heterocycles. The molecule has 5 nitrogen and oxygen atoms in total. The second-order valence-corrected chi connectivity index (χ2v) is 8.10. The monoisotopic (exact) mass is 441 g/mol. The minimum atomic E-state index is -0.378. The molecule has 1 heterocycles. The summed E-state index contributed by atoms with van der Waals surface area (Å²) in [6, 6.07) is 14.7. The molecule has 0 spiro atoms. The van der Waals surface area contributed by atoms with Gasteiger partial charge in [-0.3, -0.25) is 4.79 Å². The highest BCUT2D eigenvalue weighted by molar-refractivity contribution is 9.10. The van der Waals surface area contributed by atoms with Crippen molar-refractivity contribution in [1.82, 2.24) is 5.32 Å². The number of fused-ring (bicyclic) bond motifs is 1. The highest BCUT2D eigenvalue weighted by Crippen LogP contribution is 2.41. The smallest absolute Gasteiger partial charge is 0.336 e. The van der Waals surface area contributed by atoms with E-state index < -0.39 is 0 Å². The summed E-state index contributed by atoms with van der Waals surface area (Å²) in [5, 5.41) is 3.95. The third kappa shape index (κ3) is 3.69. The number of carbonyl (C=O) groups is 1. The van der Waals surface area contributed by atoms with Gasteiger partial charge >= 0.3 is 5.63 Å². The average Bonchev–Trinajstić information content (AvgIpc) is 2.64. The van der Waals surface area contributed by atoms with E-state index in [2.05, 4.69) is 21.2 Å². The predicted molar refractivity (Wildman–Crippen MR) is 111 cm³/mol. The van der Waals surface area contributed by atoms with Gasteiger partial charge in [0.25, 0.3) is 5.91 Å². The van der Waals surface area contributed by atoms with Gasteiger partial charge in [0, 0.05) is 15.9 Å². The van der Waals surface area contributed by atoms with Crippen LogP contribution in [-0.4, -0.2) is 12.5 Å². The molecular formula is C22H20BrNO4. The van der Waals surface area contributed by atoms with Gasteiger partial charge in [0.05, 0.1) is 5.54 Å². The predicted octanol–water partition coefficient (Wildman–Crippen LogP) is 4.44. The first-order valence-corrected chi connectivity index (χ1v) is 9.99. The number of rotatable bonds is 5. The Balaban J connectivity index is 1.45. The second-order valence-electron chi connectivity index (χ2n) is 7.19. The summed E-state index contributed by atoms with van der Waals surface area (Å²) in [6.07, 6.45) is 2.94. The van der Waals surface area contributed by atoms with Crippen molar-refractivity contribution in [3.63, 3.8) is 0 Å². The fourth-order valence-corrected chi connectivity index (χ4v) is 3.89. The first-order valence-electron chi connectivity index (χ1n) is 9.20. The van der Waals surface area contributed by atoms with Crippen LogP contribution in [0, 0.1) is 6.92 Å². The minimum absolute atomic E-state index is 0.0698. The number of ether oxygens (including phenoxy) is 1. The van der Waals surface area contributed by atoms with Gasteiger partial charge in [-0.25, -0.2) is 4.79 Å². The van der Waals surface area contributed by atoms with Crippen molar-refractivity contribution in [2.75, 3.05) is 6.61 Å². The molecule has 1 saturated carbocycles. The molecule has 0 saturated heterocycles. The fraction of sp³-hybridized carbons (Fsp3) is 0.273. The number of hydrogen-bond donors (Lipinski definition) is 1. The number of hydrogen-bond acceptors (Lipinski definition) is 4. The molecule has 1 aliphatic rings. The van der Waals surface area contributed by atoms with Crippen LogP contribution in [-0.2, 0) is 10.3 Å². The van der Waals surface area contributed by atoms with Crippen LogP contribution in [0.25, 0.3) is 11.0 Å². The average molecular weight is 442 g/mol. The number of carbonyl (C=O) groups excluding carboxylic acids is 1. The Morgan fingerprint density at radius 3 is 2.61 bits per heavy atom. The quantitative estimate of drug-likeness (QED) is 0.594. The molecule has 0 atom stereocenters. The number of amides is 1. The largest absolute Gasteiger partial charge is 0.484 e. The number of halogens is 1. The normalized spacial score (nSPS) is 15.1. The van der Waals surface area contributed by atoms with Crippen LogP contribution < -0.4 is 15.7 Å². The Kier molecular flexibility index (Phi) is 4.98. The SMILES string of the molecule is Cc1cc(=O)oc2ccc(OCC(=O)NC3(c4ccc(Br)cc4)CCC3)cc12. The van der Waals surface area contributed by atoms with Crippen LogP contribution in [0.15, 0.2) is 62.2 Å². The Morgan fingerprint density at radius 1 is 1.18 bits per heavy atom. The molecule has 28 heavy (non-hydrogen) atoms. The zero-order valence-corrected chi connectivity index (χ0v) is 17.0. The lowest BCUT2D eigenvalue weighted by Crippen LogP contribution is -2.52. The summed E-state index contributed by atoms with van der Waals surface area (Å²) < 4.78 is 11.9. The highest BCUT2D eigenvalue weighted by Gasteiger charge is 2.39. The molecule has 1 fully saturated rings. The van der Waals surface area contributed by atoms with Gasteiger partial charge in [0.15, 0.2) is 6.61 Å². The van der Waals surface area contributed by atoms with Crippen molar-refractivity contribution in [2.45, 2.75) is 31.7 Å². The number of aryl methyl sites for hydroxylation is 1. The van der Waals surface area contributed by atoms with Crippen LogP contribution in [0.2, 0.25) is 0 Å². The lowest BCUT2D eigenvalue weighted by atomic mass is 9.72. The van der Waals surface area contributed by atoms with Crippen molar-refractivity contribution in [3.8, 4) is 5.75 Å². The molecule has 0 bridgehead atoms. The van der Waals surface area contributed by atoms with E-state index in [1.54, 1.807) is 18.2 Å². The Hall–Kier alpha value is -2.60. The van der Waals surface area contributed by atoms with Crippen molar-refractivity contribution in [3.05, 3.63) is 74.6 Å². The summed E-state index contributed by atoms with van der Waals surface area (Å²) in [4.78, 5) is 24.0. The third-order valence-corrected chi connectivity index (χ3v) is 5.80. The lowest BCUT2D eigenvalue weighted by Gasteiger charge is -2.43. The Bertz CT molecular complexity index is 1080. The number of nitrogens with one attached hydrogen (secondary N) is 1. The molecule has 0 radical (unpaired) electrons. The van der Waals surface area contributed by atoms with Crippen molar-refractivity contribution >= 4 is 32.8 Å². The van der Waals surface area contributed by atoms with Crippen molar-refractivity contribution in [2.24, 2.45) is 0 Å². The van der Waals surface area contributed by atoms with Gasteiger partial charge in [-0.05, 0) is 67.6 Å². The van der Waals surface area contributed by atoms with E-state index in [4.69, 9.17) is 9.15 Å². The molecule has 6 heteroatoms. The van der Waals surface area contributed by atoms with Crippen LogP contribution in [0.1, 0.15) is 30.4 Å². The van der Waals surface area contributed by atoms with E-state index in [1.165, 1.54) is 6.07 Å². The lowest BCUT2D eigenvalue weighted by molar-refractivity contribution is -0.126. The summed E-state index contributed by atoms with van der Waals surface area (Å²) in [5.41, 5.74) is 1.75. The van der Waals surface area contributed by atoms with E-state index >= 15 is 0 Å². The molecule has 1 amide bonds. The van der Waals surface area contributed by atoms with Gasteiger partial charge in [0.1, 0.15) is 11.3 Å². The van der Waals surface area contributed by atoms with Crippen LogP contribution >= 0.6 is 15.9 Å². The van der Waals surface area contributed by atoms with Crippen LogP contribution in [0.5, 0.6) is 5.75 Å². The van der Waals surface area contributed by atoms with E-state index in [-0.39, 0.29) is 23.7 Å². The van der Waals surface area contributed by atoms with Gasteiger partial charge in [-0.2, -0.15) is 0 Å². The standard InChI is InChI=1S/C22H20BrNO4/c1-14-11-21(26)28-19-8-7-17(12-18(14)19)27-13-20(25)24-22(9-2-10-22)15-3-5-16(23)6-4-15/h3-8,11-12H,2,9-10,13H2,1H3,(H,24,25). The topological polar surface area (TPSA) is 68.5 Å². The Labute approximate surface area is 170 Å². The Morgan fingerprint density at radius 2 is 1.93 bits per heavy atom. The molecule has 3 aromatic rings. The molecule has 0 unspecified atom stereocenters. The first kappa shape index (κ1) is 18.7.